The van der Waals surface area contributed by atoms with Gasteiger partial charge in [-0.15, -0.1) is 0 Å². The minimum absolute atomic E-state index is 0.178. The Hall–Kier alpha value is -1.65. The maximum atomic E-state index is 12.2. The van der Waals surface area contributed by atoms with Crippen molar-refractivity contribution in [2.75, 3.05) is 19.8 Å². The normalized spacial score (nSPS) is 12.7. The zero-order chi connectivity index (χ0) is 39.1. The van der Waals surface area contributed by atoms with E-state index in [1.54, 1.807) is 0 Å². The van der Waals surface area contributed by atoms with Gasteiger partial charge in [-0.1, -0.05) is 229 Å². The van der Waals surface area contributed by atoms with E-state index in [1.165, 1.54) is 161 Å². The van der Waals surface area contributed by atoms with Gasteiger partial charge in [0.15, 0.2) is 0 Å². The maximum Gasteiger partial charge on any atom is 0.306 e. The molecule has 4 heteroatoms. The number of hydrogen-bond acceptors (Lipinski definition) is 4. The van der Waals surface area contributed by atoms with E-state index in [0.29, 0.717) is 13.0 Å². The van der Waals surface area contributed by atoms with E-state index in [-0.39, 0.29) is 19.2 Å². The van der Waals surface area contributed by atoms with Crippen molar-refractivity contribution in [3.05, 3.63) is 48.6 Å². The van der Waals surface area contributed by atoms with Crippen LogP contribution in [0, 0.1) is 0 Å². The van der Waals surface area contributed by atoms with Gasteiger partial charge in [0.2, 0.25) is 0 Å². The average Bonchev–Trinajstić information content (AvgIpc) is 3.18. The highest BCUT2D eigenvalue weighted by atomic mass is 16.6. The summed E-state index contributed by atoms with van der Waals surface area (Å²) in [4.78, 5) is 12.2. The van der Waals surface area contributed by atoms with Crippen molar-refractivity contribution in [2.45, 2.75) is 245 Å². The number of hydrogen-bond donors (Lipinski definition) is 1. The second-order valence-corrected chi connectivity index (χ2v) is 15.8. The van der Waals surface area contributed by atoms with Crippen molar-refractivity contribution in [1.82, 2.24) is 0 Å². The maximum absolute atomic E-state index is 12.2. The van der Waals surface area contributed by atoms with Crippen LogP contribution in [0.3, 0.4) is 0 Å². The molecule has 0 bridgehead atoms. The molecule has 0 fully saturated rings. The SMILES string of the molecule is CC/C=C\C/C=C\C/C=C\C/C=C\CCCCCCCOCC(CO)OC(=O)CCCCCCCCCCCCCCCCCCCCCCCCCC. The molecule has 4 nitrogen and oxygen atoms in total. The van der Waals surface area contributed by atoms with Crippen LogP contribution in [0.5, 0.6) is 0 Å². The summed E-state index contributed by atoms with van der Waals surface area (Å²) in [6.45, 7) is 5.22. The fourth-order valence-corrected chi connectivity index (χ4v) is 6.91. The lowest BCUT2D eigenvalue weighted by atomic mass is 10.0. The van der Waals surface area contributed by atoms with E-state index in [2.05, 4.69) is 62.5 Å². The summed E-state index contributed by atoms with van der Waals surface area (Å²) < 4.78 is 11.2. The Balaban J connectivity index is 3.41. The highest BCUT2D eigenvalue weighted by Gasteiger charge is 2.13. The van der Waals surface area contributed by atoms with E-state index < -0.39 is 6.10 Å². The summed E-state index contributed by atoms with van der Waals surface area (Å²) in [6.07, 6.45) is 61.9. The molecule has 1 unspecified atom stereocenters. The smallest absolute Gasteiger partial charge is 0.306 e. The first-order chi connectivity index (χ1) is 26.7. The van der Waals surface area contributed by atoms with Gasteiger partial charge in [0.25, 0.3) is 0 Å². The molecular formula is C50H92O4. The highest BCUT2D eigenvalue weighted by molar-refractivity contribution is 5.69. The quantitative estimate of drug-likeness (QED) is 0.0382. The zero-order valence-electron chi connectivity index (χ0n) is 36.2. The number of carbonyl (C=O) groups excluding carboxylic acids is 1. The van der Waals surface area contributed by atoms with Crippen LogP contribution >= 0.6 is 0 Å². The number of aliphatic hydroxyl groups is 1. The third-order valence-corrected chi connectivity index (χ3v) is 10.4. The summed E-state index contributed by atoms with van der Waals surface area (Å²) in [5.41, 5.74) is 0. The lowest BCUT2D eigenvalue weighted by molar-refractivity contribution is -0.154. The lowest BCUT2D eigenvalue weighted by Gasteiger charge is -2.15. The van der Waals surface area contributed by atoms with Gasteiger partial charge in [0.1, 0.15) is 6.10 Å². The molecule has 0 aromatic carbocycles. The van der Waals surface area contributed by atoms with Gasteiger partial charge < -0.3 is 14.6 Å². The molecule has 1 atom stereocenters. The van der Waals surface area contributed by atoms with Crippen molar-refractivity contribution < 1.29 is 19.4 Å². The van der Waals surface area contributed by atoms with Gasteiger partial charge in [0.05, 0.1) is 13.2 Å². The molecule has 1 N–H and O–H groups in total. The second kappa shape index (κ2) is 47.5. The van der Waals surface area contributed by atoms with Crippen molar-refractivity contribution >= 4 is 5.97 Å². The number of allylic oxidation sites excluding steroid dienone is 8. The highest BCUT2D eigenvalue weighted by Crippen LogP contribution is 2.16. The van der Waals surface area contributed by atoms with Crippen LogP contribution in [-0.4, -0.2) is 37.0 Å². The van der Waals surface area contributed by atoms with Gasteiger partial charge in [-0.2, -0.15) is 0 Å². The molecule has 0 aromatic rings. The Morgan fingerprint density at radius 1 is 0.463 bits per heavy atom. The minimum Gasteiger partial charge on any atom is -0.457 e. The van der Waals surface area contributed by atoms with E-state index >= 15 is 0 Å². The lowest BCUT2D eigenvalue weighted by Crippen LogP contribution is -2.27. The van der Waals surface area contributed by atoms with Crippen molar-refractivity contribution in [3.63, 3.8) is 0 Å². The van der Waals surface area contributed by atoms with E-state index in [4.69, 9.17) is 9.47 Å². The predicted molar refractivity (Wildman–Crippen MR) is 237 cm³/mol. The number of rotatable bonds is 44. The molecule has 0 saturated carbocycles. The number of unbranched alkanes of at least 4 members (excludes halogenated alkanes) is 28. The first kappa shape index (κ1) is 52.3. The van der Waals surface area contributed by atoms with Crippen LogP contribution in [-0.2, 0) is 14.3 Å². The minimum atomic E-state index is -0.544. The van der Waals surface area contributed by atoms with E-state index in [0.717, 1.165) is 57.8 Å². The molecule has 0 aromatic heterocycles. The summed E-state index contributed by atoms with van der Waals surface area (Å²) in [5.74, 6) is -0.204. The summed E-state index contributed by atoms with van der Waals surface area (Å²) in [7, 11) is 0. The van der Waals surface area contributed by atoms with Crippen LogP contribution in [0.4, 0.5) is 0 Å². The fourth-order valence-electron chi connectivity index (χ4n) is 6.91. The molecule has 0 rings (SSSR count). The molecule has 316 valence electrons. The molecule has 0 aliphatic rings. The Labute approximate surface area is 337 Å². The molecule has 0 heterocycles. The monoisotopic (exact) mass is 757 g/mol. The third kappa shape index (κ3) is 44.7. The van der Waals surface area contributed by atoms with Gasteiger partial charge in [0, 0.05) is 13.0 Å². The van der Waals surface area contributed by atoms with E-state index in [1.807, 2.05) is 0 Å². The molecule has 0 aliphatic carbocycles. The van der Waals surface area contributed by atoms with Crippen LogP contribution in [0.25, 0.3) is 0 Å². The molecule has 0 spiro atoms. The van der Waals surface area contributed by atoms with Crippen LogP contribution in [0.1, 0.15) is 239 Å². The standard InChI is InChI=1S/C50H92O4/c1-3-5-7-9-11-13-15-17-19-21-23-24-25-26-27-28-29-31-33-35-37-39-41-43-45-50(52)54-49(47-51)48-53-46-44-42-40-38-36-34-32-30-22-20-18-16-14-12-10-8-6-4-2/h6,8,12,14,18,20,30,32,49,51H,3-5,7,9-11,13,15-17,19,21-29,31,33-48H2,1-2H3/b8-6-,14-12-,20-18-,32-30-. The Kier molecular flexibility index (Phi) is 46.0. The molecule has 54 heavy (non-hydrogen) atoms. The average molecular weight is 757 g/mol. The van der Waals surface area contributed by atoms with Crippen LogP contribution in [0.15, 0.2) is 48.6 Å². The molecule has 0 radical (unpaired) electrons. The second-order valence-electron chi connectivity index (χ2n) is 15.8. The fraction of sp³-hybridized carbons (Fsp3) is 0.820. The van der Waals surface area contributed by atoms with Gasteiger partial charge in [-0.25, -0.2) is 0 Å². The first-order valence-corrected chi connectivity index (χ1v) is 23.7. The van der Waals surface area contributed by atoms with Crippen LogP contribution in [0.2, 0.25) is 0 Å². The zero-order valence-corrected chi connectivity index (χ0v) is 36.2. The van der Waals surface area contributed by atoms with Crippen LogP contribution < -0.4 is 0 Å². The molecular weight excluding hydrogens is 665 g/mol. The molecule has 0 saturated heterocycles. The number of aliphatic hydroxyl groups excluding tert-OH is 1. The van der Waals surface area contributed by atoms with Crippen molar-refractivity contribution in [2.24, 2.45) is 0 Å². The number of ether oxygens (including phenoxy) is 2. The third-order valence-electron chi connectivity index (χ3n) is 10.4. The van der Waals surface area contributed by atoms with Gasteiger partial charge in [-0.05, 0) is 51.4 Å². The Bertz CT molecular complexity index is 844. The largest absolute Gasteiger partial charge is 0.457 e. The van der Waals surface area contributed by atoms with E-state index in [9.17, 15) is 9.90 Å². The van der Waals surface area contributed by atoms with Gasteiger partial charge in [-0.3, -0.25) is 4.79 Å². The summed E-state index contributed by atoms with van der Waals surface area (Å²) in [6, 6.07) is 0. The Morgan fingerprint density at radius 3 is 1.26 bits per heavy atom. The predicted octanol–water partition coefficient (Wildman–Crippen LogP) is 15.8. The Morgan fingerprint density at radius 2 is 0.833 bits per heavy atom. The van der Waals surface area contributed by atoms with Gasteiger partial charge >= 0.3 is 5.97 Å². The summed E-state index contributed by atoms with van der Waals surface area (Å²) >= 11 is 0. The number of carbonyl (C=O) groups is 1. The topological polar surface area (TPSA) is 55.8 Å². The summed E-state index contributed by atoms with van der Waals surface area (Å²) in [5, 5.41) is 9.62. The number of esters is 1. The van der Waals surface area contributed by atoms with Crippen molar-refractivity contribution in [3.8, 4) is 0 Å². The molecule has 0 amide bonds. The molecule has 0 aliphatic heterocycles. The van der Waals surface area contributed by atoms with Crippen molar-refractivity contribution in [1.29, 1.82) is 0 Å². The first-order valence-electron chi connectivity index (χ1n) is 23.7.